The molecule has 1 spiro atoms. The van der Waals surface area contributed by atoms with Crippen molar-refractivity contribution in [2.45, 2.75) is 57.0 Å². The maximum absolute atomic E-state index is 10.4. The number of piperidine rings is 1. The normalized spacial score (nSPS) is 29.3. The van der Waals surface area contributed by atoms with E-state index in [0.29, 0.717) is 23.1 Å². The molecule has 1 saturated heterocycles. The quantitative estimate of drug-likeness (QED) is 0.578. The average Bonchev–Trinajstić information content (AvgIpc) is 3.39. The second kappa shape index (κ2) is 7.13. The minimum Gasteiger partial charge on any atom is -0.386 e. The van der Waals surface area contributed by atoms with Crippen molar-refractivity contribution in [2.24, 2.45) is 0 Å². The molecule has 3 N–H and O–H groups in total. The van der Waals surface area contributed by atoms with Gasteiger partial charge in [0.1, 0.15) is 24.1 Å². The Morgan fingerprint density at radius 3 is 3.10 bits per heavy atom. The van der Waals surface area contributed by atoms with Gasteiger partial charge in [-0.3, -0.25) is 5.10 Å². The molecule has 2 aliphatic heterocycles. The van der Waals surface area contributed by atoms with Gasteiger partial charge in [-0.25, -0.2) is 9.67 Å². The topological polar surface area (TPSA) is 114 Å². The fourth-order valence-corrected chi connectivity index (χ4v) is 5.84. The minimum atomic E-state index is -0.631. The number of aliphatic hydroxyl groups excluding tert-OH is 1. The number of halogens is 1. The summed E-state index contributed by atoms with van der Waals surface area (Å²) in [6, 6.07) is 2.05. The number of aromatic amines is 1. The van der Waals surface area contributed by atoms with E-state index in [0.717, 1.165) is 28.4 Å². The van der Waals surface area contributed by atoms with Crippen LogP contribution in [0.2, 0.25) is 4.34 Å². The van der Waals surface area contributed by atoms with Crippen LogP contribution >= 0.6 is 22.9 Å². The Hall–Kier alpha value is -1.85. The lowest BCUT2D eigenvalue weighted by Gasteiger charge is -2.46. The molecule has 3 aromatic heterocycles. The van der Waals surface area contributed by atoms with Gasteiger partial charge in [0.05, 0.1) is 28.9 Å². The summed E-state index contributed by atoms with van der Waals surface area (Å²) in [5.74, 6) is 1.44. The van der Waals surface area contributed by atoms with Crippen molar-refractivity contribution < 1.29 is 9.84 Å². The molecule has 0 bridgehead atoms. The molecular weight excluding hydrogens is 414 g/mol. The largest absolute Gasteiger partial charge is 0.386 e. The van der Waals surface area contributed by atoms with E-state index in [1.165, 1.54) is 11.3 Å². The van der Waals surface area contributed by atoms with E-state index in [4.69, 9.17) is 16.3 Å². The lowest BCUT2D eigenvalue weighted by Crippen LogP contribution is -2.50. The van der Waals surface area contributed by atoms with Crippen molar-refractivity contribution in [1.82, 2.24) is 35.5 Å². The molecule has 2 aliphatic rings. The van der Waals surface area contributed by atoms with Gasteiger partial charge in [-0.2, -0.15) is 5.10 Å². The highest BCUT2D eigenvalue weighted by molar-refractivity contribution is 7.16. The number of fused-ring (bicyclic) bond motifs is 2. The number of nitrogens with one attached hydrogen (secondary N) is 2. The number of ether oxygens (including phenoxy) is 1. The van der Waals surface area contributed by atoms with Crippen LogP contribution < -0.4 is 5.32 Å². The van der Waals surface area contributed by atoms with Crippen LogP contribution in [-0.4, -0.2) is 47.9 Å². The number of hydrogen-bond acceptors (Lipinski definition) is 8. The van der Waals surface area contributed by atoms with Gasteiger partial charge in [-0.05, 0) is 26.3 Å². The lowest BCUT2D eigenvalue weighted by molar-refractivity contribution is -0.129. The van der Waals surface area contributed by atoms with Crippen LogP contribution in [0.3, 0.4) is 0 Å². The molecule has 0 aromatic carbocycles. The number of aryl methyl sites for hydroxylation is 1. The molecule has 154 valence electrons. The summed E-state index contributed by atoms with van der Waals surface area (Å²) in [4.78, 5) is 5.35. The maximum Gasteiger partial charge on any atom is 0.172 e. The Morgan fingerprint density at radius 2 is 2.31 bits per heavy atom. The van der Waals surface area contributed by atoms with Gasteiger partial charge in [0.2, 0.25) is 0 Å². The predicted octanol–water partition coefficient (Wildman–Crippen LogP) is 2.24. The van der Waals surface area contributed by atoms with Gasteiger partial charge in [0, 0.05) is 22.9 Å². The minimum absolute atomic E-state index is 0.0228. The number of rotatable bonds is 3. The number of aromatic nitrogens is 6. The van der Waals surface area contributed by atoms with Crippen molar-refractivity contribution in [1.29, 1.82) is 0 Å². The zero-order valence-corrected chi connectivity index (χ0v) is 17.7. The van der Waals surface area contributed by atoms with E-state index in [2.05, 4.69) is 37.7 Å². The molecule has 9 nitrogen and oxygen atoms in total. The van der Waals surface area contributed by atoms with Crippen LogP contribution in [0.25, 0.3) is 0 Å². The van der Waals surface area contributed by atoms with Gasteiger partial charge in [-0.15, -0.1) is 16.4 Å². The highest BCUT2D eigenvalue weighted by atomic mass is 35.5. The Balaban J connectivity index is 1.42. The number of nitrogens with zero attached hydrogens (tertiary/aromatic N) is 5. The van der Waals surface area contributed by atoms with E-state index >= 15 is 0 Å². The Morgan fingerprint density at radius 1 is 1.45 bits per heavy atom. The number of thiophene rings is 1. The van der Waals surface area contributed by atoms with Gasteiger partial charge in [-0.1, -0.05) is 16.8 Å². The first-order chi connectivity index (χ1) is 13.9. The molecule has 5 rings (SSSR count). The lowest BCUT2D eigenvalue weighted by atomic mass is 9.79. The SMILES string of the molecule is Cc1nc(Cn2cc([C@@H]3C[C@]4(C[C@H](C)N3)OC[C@@H](O)c3cc(Cl)sc34)nn2)n[nH]1. The molecule has 0 unspecified atom stereocenters. The smallest absolute Gasteiger partial charge is 0.172 e. The third-order valence-corrected chi connectivity index (χ3v) is 7.00. The number of aliphatic hydroxyl groups is 1. The van der Waals surface area contributed by atoms with Crippen molar-refractivity contribution >= 4 is 22.9 Å². The highest BCUT2D eigenvalue weighted by Crippen LogP contribution is 2.51. The molecule has 1 fully saturated rings. The first-order valence-electron chi connectivity index (χ1n) is 9.57. The van der Waals surface area contributed by atoms with Crippen molar-refractivity contribution in [2.75, 3.05) is 6.61 Å². The standard InChI is InChI=1S/C18H22ClN7O2S/c1-9-4-18(17-11(3-15(19)29-17)14(27)8-28-18)5-12(20-9)13-6-26(25-23-13)7-16-21-10(2)22-24-16/h3,6,9,12,14,20,27H,4-5,7-8H2,1-2H3,(H,21,22,24)/t9-,12-,14+,18-/m0/s1. The zero-order chi connectivity index (χ0) is 20.2. The molecule has 4 atom stereocenters. The van der Waals surface area contributed by atoms with E-state index in [1.807, 2.05) is 19.2 Å². The van der Waals surface area contributed by atoms with Gasteiger partial charge in [0.25, 0.3) is 0 Å². The first-order valence-corrected chi connectivity index (χ1v) is 10.8. The summed E-state index contributed by atoms with van der Waals surface area (Å²) < 4.78 is 8.68. The molecule has 0 radical (unpaired) electrons. The van der Waals surface area contributed by atoms with Crippen molar-refractivity contribution in [3.8, 4) is 0 Å². The summed E-state index contributed by atoms with van der Waals surface area (Å²) in [5, 5.41) is 29.6. The summed E-state index contributed by atoms with van der Waals surface area (Å²) in [6.45, 7) is 4.73. The monoisotopic (exact) mass is 435 g/mol. The zero-order valence-electron chi connectivity index (χ0n) is 16.1. The van der Waals surface area contributed by atoms with Crippen molar-refractivity contribution in [3.05, 3.63) is 44.4 Å². The summed E-state index contributed by atoms with van der Waals surface area (Å²) in [7, 11) is 0. The number of hydrogen-bond donors (Lipinski definition) is 3. The van der Waals surface area contributed by atoms with E-state index in [1.54, 1.807) is 4.68 Å². The summed E-state index contributed by atoms with van der Waals surface area (Å²) in [5.41, 5.74) is 1.26. The van der Waals surface area contributed by atoms with Crippen LogP contribution in [0.5, 0.6) is 0 Å². The van der Waals surface area contributed by atoms with E-state index < -0.39 is 11.7 Å². The molecule has 0 saturated carbocycles. The maximum atomic E-state index is 10.4. The Kier molecular flexibility index (Phi) is 4.71. The van der Waals surface area contributed by atoms with Crippen LogP contribution in [0, 0.1) is 6.92 Å². The number of H-pyrrole nitrogens is 1. The molecule has 29 heavy (non-hydrogen) atoms. The molecule has 5 heterocycles. The predicted molar refractivity (Wildman–Crippen MR) is 107 cm³/mol. The van der Waals surface area contributed by atoms with Gasteiger partial charge in [0.15, 0.2) is 5.82 Å². The molecular formula is C18H22ClN7O2S. The third kappa shape index (κ3) is 3.49. The van der Waals surface area contributed by atoms with Gasteiger partial charge >= 0.3 is 0 Å². The second-order valence-electron chi connectivity index (χ2n) is 7.86. The van der Waals surface area contributed by atoms with E-state index in [-0.39, 0.29) is 18.7 Å². The second-order valence-corrected chi connectivity index (χ2v) is 9.55. The van der Waals surface area contributed by atoms with Crippen LogP contribution in [-0.2, 0) is 16.9 Å². The summed E-state index contributed by atoms with van der Waals surface area (Å²) >= 11 is 7.79. The van der Waals surface area contributed by atoms with Crippen molar-refractivity contribution in [3.63, 3.8) is 0 Å². The molecule has 0 amide bonds. The van der Waals surface area contributed by atoms with E-state index in [9.17, 15) is 5.11 Å². The van der Waals surface area contributed by atoms with Crippen LogP contribution in [0.1, 0.15) is 59.7 Å². The molecule has 0 aliphatic carbocycles. The third-order valence-electron chi connectivity index (χ3n) is 5.54. The van der Waals surface area contributed by atoms with Gasteiger partial charge < -0.3 is 15.2 Å². The average molecular weight is 436 g/mol. The highest BCUT2D eigenvalue weighted by Gasteiger charge is 2.48. The molecule has 3 aromatic rings. The fraction of sp³-hybridized carbons (Fsp3) is 0.556. The molecule has 11 heteroatoms. The Bertz CT molecular complexity index is 1030. The Labute approximate surface area is 176 Å². The van der Waals surface area contributed by atoms with Crippen LogP contribution in [0.15, 0.2) is 12.3 Å². The first kappa shape index (κ1) is 19.1. The van der Waals surface area contributed by atoms with Crippen LogP contribution in [0.4, 0.5) is 0 Å². The fourth-order valence-electron chi connectivity index (χ4n) is 4.39. The summed E-state index contributed by atoms with van der Waals surface area (Å²) in [6.07, 6.45) is 2.81.